The van der Waals surface area contributed by atoms with E-state index in [-0.39, 0.29) is 29.6 Å². The van der Waals surface area contributed by atoms with Crippen molar-refractivity contribution in [2.24, 2.45) is 0 Å². The summed E-state index contributed by atoms with van der Waals surface area (Å²) in [6.07, 6.45) is 3.69. The molecule has 1 amide bonds. The molecule has 8 heteroatoms. The largest absolute Gasteiger partial charge is 0.464 e. The van der Waals surface area contributed by atoms with Gasteiger partial charge in [0.15, 0.2) is 5.69 Å². The summed E-state index contributed by atoms with van der Waals surface area (Å²) in [7, 11) is 1.29. The predicted molar refractivity (Wildman–Crippen MR) is 94.7 cm³/mol. The topological polar surface area (TPSA) is 106 Å². The molecule has 1 aliphatic heterocycles. The van der Waals surface area contributed by atoms with Crippen LogP contribution in [0.15, 0.2) is 15.3 Å². The minimum Gasteiger partial charge on any atom is -0.464 e. The van der Waals surface area contributed by atoms with Crippen LogP contribution in [-0.2, 0) is 17.7 Å². The Kier molecular flexibility index (Phi) is 4.33. The number of aromatic amines is 1. The van der Waals surface area contributed by atoms with Gasteiger partial charge >= 0.3 is 11.6 Å². The summed E-state index contributed by atoms with van der Waals surface area (Å²) in [5.74, 6) is 0.0158. The van der Waals surface area contributed by atoms with E-state index in [0.29, 0.717) is 29.9 Å². The maximum absolute atomic E-state index is 13.0. The number of fused-ring (bicyclic) bond motifs is 1. The molecule has 2 aromatic rings. The van der Waals surface area contributed by atoms with Crippen LogP contribution in [0.5, 0.6) is 0 Å². The lowest BCUT2D eigenvalue weighted by molar-refractivity contribution is 0.0586. The molecule has 0 radical (unpaired) electrons. The standard InChI is InChI=1S/C19H21N3O5/c1-10-8-14(11-4-3-5-11)27-18(24)15(10)17(23)22-7-6-13-12(9-22)16(21-20-13)19(25)26-2/h8,11H,3-7,9H2,1-2H3,(H,20,21). The second kappa shape index (κ2) is 6.68. The molecule has 1 fully saturated rings. The molecule has 0 aromatic carbocycles. The number of aromatic nitrogens is 2. The number of amides is 1. The molecule has 0 unspecified atom stereocenters. The van der Waals surface area contributed by atoms with Gasteiger partial charge in [0.1, 0.15) is 11.3 Å². The highest BCUT2D eigenvalue weighted by Gasteiger charge is 2.31. The Hall–Kier alpha value is -2.90. The van der Waals surface area contributed by atoms with Gasteiger partial charge in [0.05, 0.1) is 13.7 Å². The van der Waals surface area contributed by atoms with E-state index in [1.165, 1.54) is 7.11 Å². The van der Waals surface area contributed by atoms with E-state index in [9.17, 15) is 14.4 Å². The lowest BCUT2D eigenvalue weighted by Gasteiger charge is -2.28. The number of carbonyl (C=O) groups excluding carboxylic acids is 2. The number of hydrogen-bond acceptors (Lipinski definition) is 6. The normalized spacial score (nSPS) is 16.6. The fourth-order valence-corrected chi connectivity index (χ4v) is 3.68. The van der Waals surface area contributed by atoms with Crippen molar-refractivity contribution in [3.63, 3.8) is 0 Å². The number of H-pyrrole nitrogens is 1. The Morgan fingerprint density at radius 2 is 2.15 bits per heavy atom. The Labute approximate surface area is 155 Å². The monoisotopic (exact) mass is 371 g/mol. The van der Waals surface area contributed by atoms with Crippen molar-refractivity contribution >= 4 is 11.9 Å². The summed E-state index contributed by atoms with van der Waals surface area (Å²) in [5, 5.41) is 6.83. The highest BCUT2D eigenvalue weighted by molar-refractivity contribution is 5.95. The number of methoxy groups -OCH3 is 1. The van der Waals surface area contributed by atoms with Crippen molar-refractivity contribution in [1.29, 1.82) is 0 Å². The predicted octanol–water partition coefficient (Wildman–Crippen LogP) is 1.92. The van der Waals surface area contributed by atoms with Crippen molar-refractivity contribution in [3.05, 3.63) is 50.3 Å². The van der Waals surface area contributed by atoms with E-state index in [4.69, 9.17) is 9.15 Å². The van der Waals surface area contributed by atoms with Gasteiger partial charge in [-0.3, -0.25) is 9.89 Å². The molecule has 3 heterocycles. The summed E-state index contributed by atoms with van der Waals surface area (Å²) in [4.78, 5) is 38.9. The van der Waals surface area contributed by atoms with Crippen LogP contribution in [0.4, 0.5) is 0 Å². The molecule has 0 atom stereocenters. The molecule has 1 aliphatic carbocycles. The number of esters is 1. The molecular weight excluding hydrogens is 350 g/mol. The summed E-state index contributed by atoms with van der Waals surface area (Å²) < 4.78 is 10.2. The fourth-order valence-electron chi connectivity index (χ4n) is 3.68. The lowest BCUT2D eigenvalue weighted by Crippen LogP contribution is -2.39. The van der Waals surface area contributed by atoms with Crippen molar-refractivity contribution in [2.75, 3.05) is 13.7 Å². The number of rotatable bonds is 3. The average molecular weight is 371 g/mol. The first kappa shape index (κ1) is 17.5. The Bertz CT molecular complexity index is 970. The maximum Gasteiger partial charge on any atom is 0.358 e. The van der Waals surface area contributed by atoms with Gasteiger partial charge in [-0.1, -0.05) is 6.42 Å². The number of carbonyl (C=O) groups is 2. The molecule has 1 N–H and O–H groups in total. The van der Waals surface area contributed by atoms with E-state index in [0.717, 1.165) is 25.0 Å². The fraction of sp³-hybridized carbons (Fsp3) is 0.474. The van der Waals surface area contributed by atoms with Crippen LogP contribution in [0.2, 0.25) is 0 Å². The van der Waals surface area contributed by atoms with Crippen molar-refractivity contribution in [2.45, 2.75) is 45.1 Å². The molecule has 2 aromatic heterocycles. The number of ether oxygens (including phenoxy) is 1. The third-order valence-electron chi connectivity index (χ3n) is 5.49. The summed E-state index contributed by atoms with van der Waals surface area (Å²) in [5.41, 5.74) is 1.72. The first-order valence-corrected chi connectivity index (χ1v) is 9.08. The molecule has 8 nitrogen and oxygen atoms in total. The van der Waals surface area contributed by atoms with Gasteiger partial charge in [-0.25, -0.2) is 9.59 Å². The zero-order chi connectivity index (χ0) is 19.1. The highest BCUT2D eigenvalue weighted by atomic mass is 16.5. The van der Waals surface area contributed by atoms with E-state index < -0.39 is 11.6 Å². The van der Waals surface area contributed by atoms with Gasteiger partial charge < -0.3 is 14.1 Å². The maximum atomic E-state index is 13.0. The Morgan fingerprint density at radius 1 is 1.37 bits per heavy atom. The number of aryl methyl sites for hydroxylation is 1. The SMILES string of the molecule is COC(=O)c1n[nH]c2c1CN(C(=O)c1c(C)cc(C3CCC3)oc1=O)CC2. The second-order valence-electron chi connectivity index (χ2n) is 7.12. The Morgan fingerprint density at radius 3 is 2.78 bits per heavy atom. The average Bonchev–Trinajstić information content (AvgIpc) is 3.02. The summed E-state index contributed by atoms with van der Waals surface area (Å²) in [6, 6.07) is 1.81. The van der Waals surface area contributed by atoms with Crippen molar-refractivity contribution in [3.8, 4) is 0 Å². The lowest BCUT2D eigenvalue weighted by atomic mass is 9.83. The molecule has 27 heavy (non-hydrogen) atoms. The highest BCUT2D eigenvalue weighted by Crippen LogP contribution is 2.36. The minimum absolute atomic E-state index is 0.0598. The number of hydrogen-bond donors (Lipinski definition) is 1. The van der Waals surface area contributed by atoms with Gasteiger partial charge in [0, 0.05) is 30.1 Å². The van der Waals surface area contributed by atoms with Crippen LogP contribution in [0, 0.1) is 6.92 Å². The first-order valence-electron chi connectivity index (χ1n) is 9.08. The smallest absolute Gasteiger partial charge is 0.358 e. The van der Waals surface area contributed by atoms with Gasteiger partial charge in [0.2, 0.25) is 0 Å². The molecule has 1 saturated carbocycles. The van der Waals surface area contributed by atoms with Crippen LogP contribution in [0.25, 0.3) is 0 Å². The van der Waals surface area contributed by atoms with E-state index in [1.807, 2.05) is 6.07 Å². The molecule has 0 spiro atoms. The van der Waals surface area contributed by atoms with Crippen LogP contribution < -0.4 is 5.63 Å². The van der Waals surface area contributed by atoms with Crippen LogP contribution in [-0.4, -0.2) is 40.6 Å². The second-order valence-corrected chi connectivity index (χ2v) is 7.12. The van der Waals surface area contributed by atoms with E-state index in [2.05, 4.69) is 10.2 Å². The van der Waals surface area contributed by atoms with Gasteiger partial charge in [-0.2, -0.15) is 5.10 Å². The van der Waals surface area contributed by atoms with Gasteiger partial charge in [-0.05, 0) is 31.4 Å². The Balaban J connectivity index is 1.62. The van der Waals surface area contributed by atoms with Crippen LogP contribution in [0.1, 0.15) is 68.6 Å². The zero-order valence-corrected chi connectivity index (χ0v) is 15.3. The molecule has 0 saturated heterocycles. The number of nitrogens with one attached hydrogen (secondary N) is 1. The number of nitrogens with zero attached hydrogens (tertiary/aromatic N) is 2. The molecule has 2 aliphatic rings. The van der Waals surface area contributed by atoms with E-state index >= 15 is 0 Å². The minimum atomic E-state index is -0.590. The summed E-state index contributed by atoms with van der Waals surface area (Å²) >= 11 is 0. The van der Waals surface area contributed by atoms with Gasteiger partial charge in [0.25, 0.3) is 5.91 Å². The van der Waals surface area contributed by atoms with Crippen LogP contribution >= 0.6 is 0 Å². The molecule has 142 valence electrons. The molecular formula is C19H21N3O5. The zero-order valence-electron chi connectivity index (χ0n) is 15.3. The van der Waals surface area contributed by atoms with Crippen LogP contribution in [0.3, 0.4) is 0 Å². The van der Waals surface area contributed by atoms with Crippen molar-refractivity contribution in [1.82, 2.24) is 15.1 Å². The first-order chi connectivity index (χ1) is 13.0. The third kappa shape index (κ3) is 2.94. The molecule has 4 rings (SSSR count). The summed E-state index contributed by atoms with van der Waals surface area (Å²) in [6.45, 7) is 2.38. The van der Waals surface area contributed by atoms with Crippen molar-refractivity contribution < 1.29 is 18.7 Å². The van der Waals surface area contributed by atoms with Gasteiger partial charge in [-0.15, -0.1) is 0 Å². The molecule has 0 bridgehead atoms. The quantitative estimate of drug-likeness (QED) is 0.827. The van der Waals surface area contributed by atoms with E-state index in [1.54, 1.807) is 11.8 Å². The third-order valence-corrected chi connectivity index (χ3v) is 5.49.